The number of fused-ring (bicyclic) bond motifs is 1. The molecule has 0 radical (unpaired) electrons. The predicted molar refractivity (Wildman–Crippen MR) is 85.3 cm³/mol. The third-order valence-corrected chi connectivity index (χ3v) is 4.92. The quantitative estimate of drug-likeness (QED) is 0.625. The van der Waals surface area contributed by atoms with E-state index in [0.29, 0.717) is 0 Å². The number of methoxy groups -OCH3 is 2. The Morgan fingerprint density at radius 2 is 1.96 bits per heavy atom. The lowest BCUT2D eigenvalue weighted by atomic mass is 9.90. The van der Waals surface area contributed by atoms with Crippen LogP contribution in [0.1, 0.15) is 25.3 Å². The van der Waals surface area contributed by atoms with Crippen molar-refractivity contribution in [3.8, 4) is 0 Å². The van der Waals surface area contributed by atoms with Gasteiger partial charge in [-0.2, -0.15) is 0 Å². The summed E-state index contributed by atoms with van der Waals surface area (Å²) in [5, 5.41) is 1.83. The first-order valence-electron chi connectivity index (χ1n) is 7.91. The molecule has 2 heterocycles. The van der Waals surface area contributed by atoms with Crippen molar-refractivity contribution in [3.63, 3.8) is 0 Å². The third-order valence-electron chi connectivity index (χ3n) is 4.92. The molecule has 24 heavy (non-hydrogen) atoms. The summed E-state index contributed by atoms with van der Waals surface area (Å²) < 4.78 is 9.59. The van der Waals surface area contributed by atoms with E-state index in [1.165, 1.54) is 20.3 Å². The highest BCUT2D eigenvalue weighted by molar-refractivity contribution is 5.85. The van der Waals surface area contributed by atoms with Gasteiger partial charge >= 0.3 is 11.9 Å². The minimum Gasteiger partial charge on any atom is -0.468 e. The van der Waals surface area contributed by atoms with Crippen LogP contribution >= 0.6 is 0 Å². The van der Waals surface area contributed by atoms with Gasteiger partial charge in [0.15, 0.2) is 0 Å². The van der Waals surface area contributed by atoms with Crippen molar-refractivity contribution >= 4 is 11.9 Å². The van der Waals surface area contributed by atoms with Crippen molar-refractivity contribution in [1.29, 1.82) is 0 Å². The Kier molecular flexibility index (Phi) is 4.32. The average Bonchev–Trinajstić information content (AvgIpc) is 3.13. The molecule has 0 unspecified atom stereocenters. The second-order valence-electron chi connectivity index (χ2n) is 6.23. The molecule has 6 nitrogen and oxygen atoms in total. The molecule has 0 amide bonds. The Balaban J connectivity index is 1.98. The molecule has 0 aromatic heterocycles. The molecule has 0 aliphatic carbocycles. The maximum Gasteiger partial charge on any atom is 0.333 e. The first-order chi connectivity index (χ1) is 11.5. The molecule has 6 heteroatoms. The zero-order valence-corrected chi connectivity index (χ0v) is 14.0. The number of carbonyl (C=O) groups excluding carboxylic acids is 2. The maximum absolute atomic E-state index is 12.3. The second-order valence-corrected chi connectivity index (χ2v) is 6.23. The molecule has 1 aromatic rings. The summed E-state index contributed by atoms with van der Waals surface area (Å²) in [7, 11) is 2.63. The van der Waals surface area contributed by atoms with Crippen LogP contribution in [0.3, 0.4) is 0 Å². The molecule has 3 atom stereocenters. The van der Waals surface area contributed by atoms with Crippen molar-refractivity contribution in [2.24, 2.45) is 5.92 Å². The van der Waals surface area contributed by atoms with Crippen molar-refractivity contribution in [1.82, 2.24) is 5.06 Å². The summed E-state index contributed by atoms with van der Waals surface area (Å²) in [5.41, 5.74) is 0.736. The summed E-state index contributed by atoms with van der Waals surface area (Å²) in [6, 6.07) is 9.84. The summed E-state index contributed by atoms with van der Waals surface area (Å²) in [6.07, 6.45) is 2.84. The molecule has 0 N–H and O–H groups in total. The fourth-order valence-corrected chi connectivity index (χ4v) is 3.61. The predicted octanol–water partition coefficient (Wildman–Crippen LogP) is 2.16. The van der Waals surface area contributed by atoms with Gasteiger partial charge in [0.05, 0.1) is 31.9 Å². The van der Waals surface area contributed by atoms with E-state index in [1.807, 2.05) is 35.4 Å². The zero-order valence-electron chi connectivity index (χ0n) is 14.0. The Hall–Kier alpha value is -2.34. The van der Waals surface area contributed by atoms with Crippen LogP contribution in [0.4, 0.5) is 0 Å². The van der Waals surface area contributed by atoms with E-state index >= 15 is 0 Å². The van der Waals surface area contributed by atoms with E-state index in [9.17, 15) is 9.59 Å². The molecule has 0 saturated carbocycles. The molecule has 0 bridgehead atoms. The lowest BCUT2D eigenvalue weighted by Gasteiger charge is -2.33. The van der Waals surface area contributed by atoms with Gasteiger partial charge in [-0.1, -0.05) is 30.3 Å². The zero-order chi connectivity index (χ0) is 17.3. The maximum atomic E-state index is 12.3. The summed E-state index contributed by atoms with van der Waals surface area (Å²) >= 11 is 0. The summed E-state index contributed by atoms with van der Waals surface area (Å²) in [4.78, 5) is 29.8. The number of ether oxygens (including phenoxy) is 2. The molecule has 0 spiro atoms. The SMILES string of the molecule is COC(=O)/C=C1\ON2[C@H](CC[C@]2(C)c2ccccc2)[C@@H]1C(=O)OC. The number of hydroxylamine groups is 2. The van der Waals surface area contributed by atoms with Gasteiger partial charge in [-0.25, -0.2) is 4.79 Å². The molecule has 2 saturated heterocycles. The fraction of sp³-hybridized carbons (Fsp3) is 0.444. The van der Waals surface area contributed by atoms with Gasteiger partial charge in [-0.15, -0.1) is 5.06 Å². The van der Waals surface area contributed by atoms with Crippen molar-refractivity contribution in [2.45, 2.75) is 31.3 Å². The number of nitrogens with zero attached hydrogens (tertiary/aromatic N) is 1. The van der Waals surface area contributed by atoms with Crippen LogP contribution in [-0.4, -0.2) is 37.3 Å². The van der Waals surface area contributed by atoms with Crippen LogP contribution in [0, 0.1) is 5.92 Å². The van der Waals surface area contributed by atoms with Crippen LogP contribution in [-0.2, 0) is 29.4 Å². The summed E-state index contributed by atoms with van der Waals surface area (Å²) in [5.74, 6) is -1.31. The lowest BCUT2D eigenvalue weighted by Crippen LogP contribution is -2.40. The molecule has 2 aliphatic heterocycles. The first-order valence-corrected chi connectivity index (χ1v) is 7.91. The van der Waals surface area contributed by atoms with Gasteiger partial charge in [0, 0.05) is 0 Å². The van der Waals surface area contributed by atoms with Crippen molar-refractivity contribution in [2.75, 3.05) is 14.2 Å². The Bertz CT molecular complexity index is 671. The molecular weight excluding hydrogens is 310 g/mol. The van der Waals surface area contributed by atoms with Gasteiger partial charge < -0.3 is 14.3 Å². The van der Waals surface area contributed by atoms with Crippen LogP contribution in [0.5, 0.6) is 0 Å². The Labute approximate surface area is 140 Å². The monoisotopic (exact) mass is 331 g/mol. The van der Waals surface area contributed by atoms with Gasteiger partial charge in [0.25, 0.3) is 0 Å². The Morgan fingerprint density at radius 1 is 1.25 bits per heavy atom. The van der Waals surface area contributed by atoms with Crippen LogP contribution in [0.2, 0.25) is 0 Å². The van der Waals surface area contributed by atoms with Crippen LogP contribution < -0.4 is 0 Å². The van der Waals surface area contributed by atoms with Gasteiger partial charge in [0.1, 0.15) is 11.7 Å². The van der Waals surface area contributed by atoms with Crippen LogP contribution in [0.15, 0.2) is 42.2 Å². The van der Waals surface area contributed by atoms with E-state index in [1.54, 1.807) is 0 Å². The highest BCUT2D eigenvalue weighted by Crippen LogP contribution is 2.50. The van der Waals surface area contributed by atoms with Crippen LogP contribution in [0.25, 0.3) is 0 Å². The first kappa shape index (κ1) is 16.5. The van der Waals surface area contributed by atoms with E-state index in [4.69, 9.17) is 9.57 Å². The van der Waals surface area contributed by atoms with E-state index < -0.39 is 17.9 Å². The minimum absolute atomic E-state index is 0.168. The van der Waals surface area contributed by atoms with Gasteiger partial charge in [-0.05, 0) is 25.3 Å². The molecular formula is C18H21NO5. The molecule has 1 aromatic carbocycles. The number of benzene rings is 1. The molecule has 2 aliphatic rings. The van der Waals surface area contributed by atoms with Gasteiger partial charge in [-0.3, -0.25) is 4.79 Å². The third kappa shape index (κ3) is 2.57. The largest absolute Gasteiger partial charge is 0.468 e. The lowest BCUT2D eigenvalue weighted by molar-refractivity contribution is -0.160. The fourth-order valence-electron chi connectivity index (χ4n) is 3.61. The number of carbonyl (C=O) groups is 2. The Morgan fingerprint density at radius 3 is 2.58 bits per heavy atom. The van der Waals surface area contributed by atoms with Crippen molar-refractivity contribution in [3.05, 3.63) is 47.7 Å². The van der Waals surface area contributed by atoms with E-state index in [-0.39, 0.29) is 17.3 Å². The average molecular weight is 331 g/mol. The highest BCUT2D eigenvalue weighted by atomic mass is 16.7. The number of esters is 2. The minimum atomic E-state index is -0.625. The smallest absolute Gasteiger partial charge is 0.333 e. The molecule has 128 valence electrons. The summed E-state index contributed by atoms with van der Waals surface area (Å²) in [6.45, 7) is 2.08. The number of rotatable bonds is 3. The molecule has 3 rings (SSSR count). The van der Waals surface area contributed by atoms with E-state index in [2.05, 4.69) is 11.7 Å². The normalized spacial score (nSPS) is 30.7. The highest BCUT2D eigenvalue weighted by Gasteiger charge is 2.57. The van der Waals surface area contributed by atoms with E-state index in [0.717, 1.165) is 18.4 Å². The second kappa shape index (κ2) is 6.28. The number of hydrogen-bond donors (Lipinski definition) is 0. The van der Waals surface area contributed by atoms with Crippen molar-refractivity contribution < 1.29 is 23.9 Å². The van der Waals surface area contributed by atoms with Gasteiger partial charge in [0.2, 0.25) is 0 Å². The standard InChI is InChI=1S/C18H21NO5/c1-18(12-7-5-4-6-8-12)10-9-13-16(17(21)23-3)14(24-19(13)18)11-15(20)22-2/h4-8,11,13,16H,9-10H2,1-3H3/b14-11-/t13-,16+,18-/m1/s1. The molecule has 2 fully saturated rings. The number of hydrogen-bond acceptors (Lipinski definition) is 6. The topological polar surface area (TPSA) is 65.1 Å².